The van der Waals surface area contributed by atoms with Gasteiger partial charge in [0.1, 0.15) is 5.76 Å². The zero-order valence-electron chi connectivity index (χ0n) is 9.18. The van der Waals surface area contributed by atoms with Crippen molar-refractivity contribution in [3.05, 3.63) is 23.5 Å². The molecule has 76 valence electrons. The Bertz CT molecular complexity index is 357. The number of hydrogen-bond donors (Lipinski definition) is 0. The maximum absolute atomic E-state index is 11.5. The van der Waals surface area contributed by atoms with Gasteiger partial charge >= 0.3 is 0 Å². The molecule has 0 bridgehead atoms. The minimum absolute atomic E-state index is 0.0381. The van der Waals surface area contributed by atoms with Gasteiger partial charge in [0.15, 0.2) is 6.61 Å². The van der Waals surface area contributed by atoms with Gasteiger partial charge in [0.05, 0.1) is 5.57 Å². The van der Waals surface area contributed by atoms with Crippen molar-refractivity contribution in [3.63, 3.8) is 0 Å². The van der Waals surface area contributed by atoms with Gasteiger partial charge in [-0.15, -0.1) is 0 Å². The van der Waals surface area contributed by atoms with Crippen LogP contribution in [0.4, 0.5) is 0 Å². The highest BCUT2D eigenvalue weighted by Crippen LogP contribution is 2.51. The van der Waals surface area contributed by atoms with Gasteiger partial charge in [0.25, 0.3) is 0 Å². The van der Waals surface area contributed by atoms with Gasteiger partial charge in [0, 0.05) is 5.41 Å². The van der Waals surface area contributed by atoms with Crippen LogP contribution in [-0.4, -0.2) is 12.4 Å². The molecule has 0 amide bonds. The van der Waals surface area contributed by atoms with E-state index in [2.05, 4.69) is 33.8 Å². The lowest BCUT2D eigenvalue weighted by Gasteiger charge is -2.42. The topological polar surface area (TPSA) is 26.3 Å². The van der Waals surface area contributed by atoms with E-state index in [4.69, 9.17) is 4.74 Å². The highest BCUT2D eigenvalue weighted by molar-refractivity contribution is 6.01. The fourth-order valence-corrected chi connectivity index (χ4v) is 1.90. The number of ketones is 1. The summed E-state index contributed by atoms with van der Waals surface area (Å²) in [5.74, 6) is 0.981. The summed E-state index contributed by atoms with van der Waals surface area (Å²) < 4.78 is 5.50. The summed E-state index contributed by atoms with van der Waals surface area (Å²) in [5.41, 5.74) is 0.717. The molecule has 0 aromatic rings. The monoisotopic (exact) mass is 192 g/mol. The van der Waals surface area contributed by atoms with Crippen molar-refractivity contribution in [3.8, 4) is 0 Å². The first-order valence-electron chi connectivity index (χ1n) is 4.96. The van der Waals surface area contributed by atoms with Gasteiger partial charge in [0.2, 0.25) is 5.78 Å². The van der Waals surface area contributed by atoms with E-state index in [1.54, 1.807) is 0 Å². The van der Waals surface area contributed by atoms with Crippen molar-refractivity contribution in [1.82, 2.24) is 0 Å². The van der Waals surface area contributed by atoms with E-state index >= 15 is 0 Å². The van der Waals surface area contributed by atoms with Crippen LogP contribution in [0, 0.1) is 10.8 Å². The smallest absolute Gasteiger partial charge is 0.203 e. The summed E-state index contributed by atoms with van der Waals surface area (Å²) in [6, 6.07) is 0. The van der Waals surface area contributed by atoms with Crippen LogP contribution in [0.3, 0.4) is 0 Å². The lowest BCUT2D eigenvalue weighted by Crippen LogP contribution is -2.35. The predicted octanol–water partition coefficient (Wildman–Crippen LogP) is 2.46. The van der Waals surface area contributed by atoms with Crippen LogP contribution >= 0.6 is 0 Å². The molecule has 0 atom stereocenters. The Hall–Kier alpha value is -1.05. The summed E-state index contributed by atoms with van der Waals surface area (Å²) >= 11 is 0. The molecule has 2 nitrogen and oxygen atoms in total. The number of ether oxygens (including phenoxy) is 1. The first-order chi connectivity index (χ1) is 6.36. The van der Waals surface area contributed by atoms with Crippen molar-refractivity contribution >= 4 is 5.78 Å². The van der Waals surface area contributed by atoms with Crippen molar-refractivity contribution in [2.24, 2.45) is 10.8 Å². The third-order valence-electron chi connectivity index (χ3n) is 3.74. The van der Waals surface area contributed by atoms with E-state index in [0.717, 1.165) is 11.3 Å². The molecular formula is C12H16O2. The highest BCUT2D eigenvalue weighted by atomic mass is 16.5. The molecule has 0 N–H and O–H groups in total. The van der Waals surface area contributed by atoms with Crippen LogP contribution in [0.2, 0.25) is 0 Å². The highest BCUT2D eigenvalue weighted by Gasteiger charge is 2.46. The Morgan fingerprint density at radius 2 is 1.93 bits per heavy atom. The number of Topliss-reactive ketones (excluding diaryl/α,β-unsaturated/α-hetero) is 1. The molecule has 2 aliphatic rings. The van der Waals surface area contributed by atoms with E-state index in [0.29, 0.717) is 0 Å². The Balaban J connectivity index is 2.54. The molecule has 0 saturated heterocycles. The van der Waals surface area contributed by atoms with Gasteiger partial charge in [-0.2, -0.15) is 0 Å². The zero-order chi connectivity index (χ0) is 10.6. The molecule has 0 spiro atoms. The number of carbonyl (C=O) groups excluding carboxylic acids is 1. The van der Waals surface area contributed by atoms with Crippen LogP contribution in [-0.2, 0) is 9.53 Å². The second-order valence-electron chi connectivity index (χ2n) is 5.13. The molecule has 2 rings (SSSR count). The third-order valence-corrected chi connectivity index (χ3v) is 3.74. The first kappa shape index (κ1) is 9.50. The molecule has 0 aromatic carbocycles. The number of hydrogen-bond acceptors (Lipinski definition) is 2. The standard InChI is InChI=1S/C12H16O2/c1-11(2)6-5-8-9(13)7-14-10(8)12(11,3)4/h5-6H,7H2,1-4H3. The molecule has 2 heteroatoms. The average Bonchev–Trinajstić information content (AvgIpc) is 2.42. The molecule has 0 unspecified atom stereocenters. The normalized spacial score (nSPS) is 27.6. The summed E-state index contributed by atoms with van der Waals surface area (Å²) in [7, 11) is 0. The molecule has 0 saturated carbocycles. The third kappa shape index (κ3) is 0.999. The van der Waals surface area contributed by atoms with Crippen LogP contribution in [0.1, 0.15) is 27.7 Å². The molecule has 14 heavy (non-hydrogen) atoms. The Kier molecular flexibility index (Phi) is 1.70. The van der Waals surface area contributed by atoms with Crippen molar-refractivity contribution in [2.45, 2.75) is 27.7 Å². The van der Waals surface area contributed by atoms with Crippen LogP contribution in [0.15, 0.2) is 23.5 Å². The molecule has 1 aliphatic heterocycles. The summed E-state index contributed by atoms with van der Waals surface area (Å²) in [6.07, 6.45) is 4.02. The minimum Gasteiger partial charge on any atom is -0.488 e. The van der Waals surface area contributed by atoms with Gasteiger partial charge in [-0.3, -0.25) is 4.79 Å². The molecule has 1 heterocycles. The number of allylic oxidation sites excluding steroid dienone is 3. The largest absolute Gasteiger partial charge is 0.488 e. The summed E-state index contributed by atoms with van der Waals surface area (Å²) in [6.45, 7) is 8.81. The Labute approximate surface area is 84.6 Å². The van der Waals surface area contributed by atoms with Gasteiger partial charge in [-0.25, -0.2) is 0 Å². The second kappa shape index (κ2) is 2.50. The van der Waals surface area contributed by atoms with Crippen LogP contribution in [0.25, 0.3) is 0 Å². The predicted molar refractivity (Wildman–Crippen MR) is 54.7 cm³/mol. The number of carbonyl (C=O) groups is 1. The van der Waals surface area contributed by atoms with Crippen molar-refractivity contribution in [1.29, 1.82) is 0 Å². The molecule has 1 aliphatic carbocycles. The van der Waals surface area contributed by atoms with Crippen LogP contribution < -0.4 is 0 Å². The molecule has 0 fully saturated rings. The van der Waals surface area contributed by atoms with Gasteiger partial charge in [-0.05, 0) is 5.41 Å². The fraction of sp³-hybridized carbons (Fsp3) is 0.583. The average molecular weight is 192 g/mol. The van der Waals surface area contributed by atoms with Crippen LogP contribution in [0.5, 0.6) is 0 Å². The lowest BCUT2D eigenvalue weighted by atomic mass is 9.63. The summed E-state index contributed by atoms with van der Waals surface area (Å²) in [5, 5.41) is 0. The lowest BCUT2D eigenvalue weighted by molar-refractivity contribution is -0.116. The van der Waals surface area contributed by atoms with Gasteiger partial charge in [-0.1, -0.05) is 39.8 Å². The Morgan fingerprint density at radius 1 is 1.29 bits per heavy atom. The fourth-order valence-electron chi connectivity index (χ4n) is 1.90. The maximum atomic E-state index is 11.5. The maximum Gasteiger partial charge on any atom is 0.203 e. The quantitative estimate of drug-likeness (QED) is 0.589. The number of rotatable bonds is 0. The summed E-state index contributed by atoms with van der Waals surface area (Å²) in [4.78, 5) is 11.5. The first-order valence-corrected chi connectivity index (χ1v) is 4.96. The van der Waals surface area contributed by atoms with Crippen molar-refractivity contribution in [2.75, 3.05) is 6.61 Å². The molecular weight excluding hydrogens is 176 g/mol. The van der Waals surface area contributed by atoms with Gasteiger partial charge < -0.3 is 4.74 Å². The molecule has 0 aromatic heterocycles. The SMILES string of the molecule is CC1(C)C=CC2=C(OCC2=O)C1(C)C. The van der Waals surface area contributed by atoms with E-state index in [1.807, 2.05) is 6.08 Å². The van der Waals surface area contributed by atoms with E-state index < -0.39 is 0 Å². The van der Waals surface area contributed by atoms with E-state index in [-0.39, 0.29) is 23.2 Å². The minimum atomic E-state index is -0.0940. The van der Waals surface area contributed by atoms with Crippen molar-refractivity contribution < 1.29 is 9.53 Å². The second-order valence-corrected chi connectivity index (χ2v) is 5.13. The zero-order valence-corrected chi connectivity index (χ0v) is 9.18. The van der Waals surface area contributed by atoms with E-state index in [1.165, 1.54) is 0 Å². The van der Waals surface area contributed by atoms with E-state index in [9.17, 15) is 4.79 Å². The Morgan fingerprint density at radius 3 is 2.57 bits per heavy atom. The molecule has 0 radical (unpaired) electrons.